The van der Waals surface area contributed by atoms with Gasteiger partial charge in [-0.05, 0) is 18.9 Å². The Hall–Kier alpha value is -1.80. The number of anilines is 1. The molecule has 1 heterocycles. The van der Waals surface area contributed by atoms with Crippen molar-refractivity contribution in [3.05, 3.63) is 17.7 Å². The van der Waals surface area contributed by atoms with Gasteiger partial charge in [0.05, 0.1) is 24.8 Å². The zero-order valence-corrected chi connectivity index (χ0v) is 14.4. The number of nitrogens with zero attached hydrogens (tertiary/aromatic N) is 1. The number of benzene rings is 1. The first kappa shape index (κ1) is 17.6. The maximum atomic E-state index is 12.2. The molecule has 128 valence electrons. The van der Waals surface area contributed by atoms with Crippen molar-refractivity contribution in [2.75, 3.05) is 38.5 Å². The molecule has 2 rings (SSSR count). The lowest BCUT2D eigenvalue weighted by atomic mass is 10.0. The van der Waals surface area contributed by atoms with E-state index in [4.69, 9.17) is 15.2 Å². The minimum Gasteiger partial charge on any atom is -0.496 e. The summed E-state index contributed by atoms with van der Waals surface area (Å²) in [6.07, 6.45) is 2.68. The molecular weight excluding hydrogens is 320 g/mol. The third kappa shape index (κ3) is 3.76. The molecule has 0 saturated carbocycles. The number of hydrogen-bond donors (Lipinski definition) is 1. The van der Waals surface area contributed by atoms with Crippen LogP contribution in [0.1, 0.15) is 23.2 Å². The summed E-state index contributed by atoms with van der Waals surface area (Å²) in [5.74, 6) is -0.354. The Balaban J connectivity index is 2.58. The summed E-state index contributed by atoms with van der Waals surface area (Å²) in [6, 6.07) is 3.03. The van der Waals surface area contributed by atoms with Crippen molar-refractivity contribution in [1.82, 2.24) is 0 Å². The predicted octanol–water partition coefficient (Wildman–Crippen LogP) is 0.813. The SMILES string of the molecule is COC(=O)c1cc(S(C)(=O)=O)c(N2CCC(N)CC2)cc1OC. The molecule has 1 aromatic carbocycles. The van der Waals surface area contributed by atoms with E-state index >= 15 is 0 Å². The monoisotopic (exact) mass is 342 g/mol. The molecule has 0 aliphatic carbocycles. The van der Waals surface area contributed by atoms with E-state index < -0.39 is 15.8 Å². The van der Waals surface area contributed by atoms with Gasteiger partial charge in [-0.15, -0.1) is 0 Å². The van der Waals surface area contributed by atoms with Crippen molar-refractivity contribution >= 4 is 21.5 Å². The van der Waals surface area contributed by atoms with Gasteiger partial charge in [0.1, 0.15) is 11.3 Å². The summed E-state index contributed by atoms with van der Waals surface area (Å²) in [6.45, 7) is 1.31. The van der Waals surface area contributed by atoms with Crippen LogP contribution in [0, 0.1) is 0 Å². The van der Waals surface area contributed by atoms with Crippen molar-refractivity contribution < 1.29 is 22.7 Å². The fourth-order valence-corrected chi connectivity index (χ4v) is 3.57. The third-order valence-corrected chi connectivity index (χ3v) is 5.09. The summed E-state index contributed by atoms with van der Waals surface area (Å²) in [7, 11) is -0.856. The molecule has 0 radical (unpaired) electrons. The highest BCUT2D eigenvalue weighted by Crippen LogP contribution is 2.34. The molecule has 1 aliphatic rings. The van der Waals surface area contributed by atoms with Crippen LogP contribution in [-0.2, 0) is 14.6 Å². The van der Waals surface area contributed by atoms with Crippen LogP contribution in [0.15, 0.2) is 17.0 Å². The Morgan fingerprint density at radius 1 is 1.26 bits per heavy atom. The Kier molecular flexibility index (Phi) is 5.16. The van der Waals surface area contributed by atoms with Crippen LogP contribution in [-0.4, -0.2) is 54.0 Å². The van der Waals surface area contributed by atoms with E-state index in [1.165, 1.54) is 20.3 Å². The van der Waals surface area contributed by atoms with Crippen molar-refractivity contribution in [3.63, 3.8) is 0 Å². The van der Waals surface area contributed by atoms with Crippen LogP contribution in [0.25, 0.3) is 0 Å². The van der Waals surface area contributed by atoms with E-state index in [0.29, 0.717) is 18.8 Å². The van der Waals surface area contributed by atoms with Crippen LogP contribution in [0.5, 0.6) is 5.75 Å². The first-order valence-electron chi connectivity index (χ1n) is 7.29. The summed E-state index contributed by atoms with van der Waals surface area (Å²) in [4.78, 5) is 13.9. The highest BCUT2D eigenvalue weighted by molar-refractivity contribution is 7.90. The van der Waals surface area contributed by atoms with Crippen molar-refractivity contribution in [3.8, 4) is 5.75 Å². The Bertz CT molecular complexity index is 694. The van der Waals surface area contributed by atoms with Gasteiger partial charge in [0.15, 0.2) is 9.84 Å². The first-order valence-corrected chi connectivity index (χ1v) is 9.18. The minimum absolute atomic E-state index is 0.0906. The number of carbonyl (C=O) groups is 1. The molecular formula is C15H22N2O5S. The standard InChI is InChI=1S/C15H22N2O5S/c1-21-13-9-12(17-6-4-10(16)5-7-17)14(23(3,19)20)8-11(13)15(18)22-2/h8-10H,4-7,16H2,1-3H3. The minimum atomic E-state index is -3.52. The summed E-state index contributed by atoms with van der Waals surface area (Å²) in [5.41, 5.74) is 6.53. The van der Waals surface area contributed by atoms with E-state index in [-0.39, 0.29) is 22.3 Å². The lowest BCUT2D eigenvalue weighted by molar-refractivity contribution is 0.0597. The number of esters is 1. The van der Waals surface area contributed by atoms with E-state index in [1.807, 2.05) is 4.90 Å². The highest BCUT2D eigenvalue weighted by atomic mass is 32.2. The van der Waals surface area contributed by atoms with Crippen LogP contribution in [0.2, 0.25) is 0 Å². The fourth-order valence-electron chi connectivity index (χ4n) is 2.67. The second kappa shape index (κ2) is 6.76. The maximum absolute atomic E-state index is 12.2. The molecule has 0 unspecified atom stereocenters. The number of ether oxygens (including phenoxy) is 2. The molecule has 0 atom stereocenters. The number of hydrogen-bond acceptors (Lipinski definition) is 7. The van der Waals surface area contributed by atoms with Crippen LogP contribution < -0.4 is 15.4 Å². The molecule has 1 aliphatic heterocycles. The van der Waals surface area contributed by atoms with Gasteiger partial charge in [0, 0.05) is 31.5 Å². The smallest absolute Gasteiger partial charge is 0.341 e. The quantitative estimate of drug-likeness (QED) is 0.809. The molecule has 1 fully saturated rings. The second-order valence-corrected chi connectivity index (χ2v) is 7.59. The Labute approximate surface area is 136 Å². The highest BCUT2D eigenvalue weighted by Gasteiger charge is 2.26. The predicted molar refractivity (Wildman–Crippen MR) is 86.9 cm³/mol. The zero-order chi connectivity index (χ0) is 17.2. The van der Waals surface area contributed by atoms with Crippen LogP contribution >= 0.6 is 0 Å². The zero-order valence-electron chi connectivity index (χ0n) is 13.5. The summed E-state index contributed by atoms with van der Waals surface area (Å²) in [5, 5.41) is 0. The van der Waals surface area contributed by atoms with E-state index in [1.54, 1.807) is 6.07 Å². The van der Waals surface area contributed by atoms with E-state index in [9.17, 15) is 13.2 Å². The first-order chi connectivity index (χ1) is 10.8. The molecule has 1 aromatic rings. The van der Waals surface area contributed by atoms with Gasteiger partial charge in [-0.25, -0.2) is 13.2 Å². The molecule has 0 bridgehead atoms. The van der Waals surface area contributed by atoms with Crippen molar-refractivity contribution in [1.29, 1.82) is 0 Å². The van der Waals surface area contributed by atoms with Crippen molar-refractivity contribution in [2.24, 2.45) is 5.73 Å². The molecule has 1 saturated heterocycles. The van der Waals surface area contributed by atoms with Gasteiger partial charge in [-0.2, -0.15) is 0 Å². The number of sulfone groups is 1. The number of nitrogens with two attached hydrogens (primary N) is 1. The molecule has 8 heteroatoms. The maximum Gasteiger partial charge on any atom is 0.341 e. The van der Waals surface area contributed by atoms with Gasteiger partial charge in [0.25, 0.3) is 0 Å². The second-order valence-electron chi connectivity index (χ2n) is 5.61. The van der Waals surface area contributed by atoms with Gasteiger partial charge in [0.2, 0.25) is 0 Å². The average Bonchev–Trinajstić information content (AvgIpc) is 2.52. The fraction of sp³-hybridized carbons (Fsp3) is 0.533. The van der Waals surface area contributed by atoms with E-state index in [0.717, 1.165) is 19.1 Å². The largest absolute Gasteiger partial charge is 0.496 e. The average molecular weight is 342 g/mol. The molecule has 0 amide bonds. The molecule has 23 heavy (non-hydrogen) atoms. The third-order valence-electron chi connectivity index (χ3n) is 3.97. The molecule has 2 N–H and O–H groups in total. The van der Waals surface area contributed by atoms with Gasteiger partial charge < -0.3 is 20.1 Å². The molecule has 0 aromatic heterocycles. The van der Waals surface area contributed by atoms with Gasteiger partial charge in [-0.1, -0.05) is 0 Å². The van der Waals surface area contributed by atoms with Crippen molar-refractivity contribution in [2.45, 2.75) is 23.8 Å². The lowest BCUT2D eigenvalue weighted by Crippen LogP contribution is -2.40. The molecule has 7 nitrogen and oxygen atoms in total. The molecule has 0 spiro atoms. The lowest BCUT2D eigenvalue weighted by Gasteiger charge is -2.33. The van der Waals surface area contributed by atoms with Crippen LogP contribution in [0.4, 0.5) is 5.69 Å². The number of piperidine rings is 1. The van der Waals surface area contributed by atoms with Gasteiger partial charge in [-0.3, -0.25) is 0 Å². The topological polar surface area (TPSA) is 98.9 Å². The summed E-state index contributed by atoms with van der Waals surface area (Å²) >= 11 is 0. The normalized spacial score (nSPS) is 16.3. The number of carbonyl (C=O) groups excluding carboxylic acids is 1. The number of methoxy groups -OCH3 is 2. The number of rotatable bonds is 4. The van der Waals surface area contributed by atoms with Gasteiger partial charge >= 0.3 is 5.97 Å². The summed E-state index contributed by atoms with van der Waals surface area (Å²) < 4.78 is 34.3. The Morgan fingerprint density at radius 2 is 1.87 bits per heavy atom. The van der Waals surface area contributed by atoms with Crippen LogP contribution in [0.3, 0.4) is 0 Å². The van der Waals surface area contributed by atoms with E-state index in [2.05, 4.69) is 0 Å². The Morgan fingerprint density at radius 3 is 2.35 bits per heavy atom.